The van der Waals surface area contributed by atoms with E-state index in [0.29, 0.717) is 4.68 Å². The Balaban J connectivity index is 2.67. The molecule has 0 saturated heterocycles. The van der Waals surface area contributed by atoms with Crippen molar-refractivity contribution in [2.24, 2.45) is 5.73 Å². The van der Waals surface area contributed by atoms with Gasteiger partial charge in [0, 0.05) is 5.39 Å². The van der Waals surface area contributed by atoms with Crippen molar-refractivity contribution in [3.05, 3.63) is 40.3 Å². The van der Waals surface area contributed by atoms with E-state index in [1.807, 2.05) is 5.32 Å². The molecule has 0 unspecified atom stereocenters. The number of carbonyl (C=O) groups excluding carboxylic acids is 2. The SMILES string of the molecule is C[C@H](C(=O)NC(N)=O)n1nc(C(=O)O)c2ccccc2c1=O. The van der Waals surface area contributed by atoms with Gasteiger partial charge in [-0.05, 0) is 13.0 Å². The number of nitrogens with two attached hydrogens (primary N) is 1. The molecular formula is C13H12N4O5. The lowest BCUT2D eigenvalue weighted by Gasteiger charge is -2.14. The van der Waals surface area contributed by atoms with Crippen molar-refractivity contribution in [2.75, 3.05) is 0 Å². The van der Waals surface area contributed by atoms with Gasteiger partial charge in [-0.3, -0.25) is 14.9 Å². The molecule has 3 amide bonds. The molecule has 0 saturated carbocycles. The van der Waals surface area contributed by atoms with Gasteiger partial charge in [-0.1, -0.05) is 18.2 Å². The largest absolute Gasteiger partial charge is 0.476 e. The fourth-order valence-electron chi connectivity index (χ4n) is 1.96. The van der Waals surface area contributed by atoms with Gasteiger partial charge in [-0.25, -0.2) is 14.3 Å². The number of carboxylic acids is 1. The van der Waals surface area contributed by atoms with Crippen molar-refractivity contribution in [2.45, 2.75) is 13.0 Å². The van der Waals surface area contributed by atoms with E-state index in [1.54, 1.807) is 12.1 Å². The maximum Gasteiger partial charge on any atom is 0.357 e. The minimum atomic E-state index is -1.34. The summed E-state index contributed by atoms with van der Waals surface area (Å²) in [4.78, 5) is 46.1. The third-order valence-corrected chi connectivity index (χ3v) is 3.02. The number of nitrogens with one attached hydrogen (secondary N) is 1. The first-order valence-corrected chi connectivity index (χ1v) is 6.18. The first kappa shape index (κ1) is 15.2. The molecule has 0 aliphatic heterocycles. The van der Waals surface area contributed by atoms with Crippen LogP contribution in [0.3, 0.4) is 0 Å². The van der Waals surface area contributed by atoms with Gasteiger partial charge in [0.25, 0.3) is 11.5 Å². The summed E-state index contributed by atoms with van der Waals surface area (Å²) in [6.07, 6.45) is 0. The van der Waals surface area contributed by atoms with Crippen LogP contribution < -0.4 is 16.6 Å². The molecule has 0 aliphatic rings. The van der Waals surface area contributed by atoms with Crippen LogP contribution in [0.5, 0.6) is 0 Å². The number of aromatic nitrogens is 2. The predicted molar refractivity (Wildman–Crippen MR) is 75.4 cm³/mol. The third-order valence-electron chi connectivity index (χ3n) is 3.02. The maximum absolute atomic E-state index is 12.3. The van der Waals surface area contributed by atoms with Gasteiger partial charge in [-0.15, -0.1) is 0 Å². The molecule has 0 fully saturated rings. The van der Waals surface area contributed by atoms with Crippen molar-refractivity contribution in [3.63, 3.8) is 0 Å². The number of hydrogen-bond donors (Lipinski definition) is 3. The Morgan fingerprint density at radius 2 is 1.86 bits per heavy atom. The van der Waals surface area contributed by atoms with E-state index in [0.717, 1.165) is 0 Å². The van der Waals surface area contributed by atoms with E-state index in [1.165, 1.54) is 19.1 Å². The van der Waals surface area contributed by atoms with Crippen LogP contribution in [0.1, 0.15) is 23.5 Å². The highest BCUT2D eigenvalue weighted by atomic mass is 16.4. The Labute approximate surface area is 123 Å². The molecule has 1 aromatic heterocycles. The van der Waals surface area contributed by atoms with Crippen molar-refractivity contribution in [1.82, 2.24) is 15.1 Å². The lowest BCUT2D eigenvalue weighted by atomic mass is 10.1. The van der Waals surface area contributed by atoms with Gasteiger partial charge in [-0.2, -0.15) is 5.10 Å². The lowest BCUT2D eigenvalue weighted by Crippen LogP contribution is -2.42. The molecule has 9 heteroatoms. The van der Waals surface area contributed by atoms with Gasteiger partial charge in [0.1, 0.15) is 6.04 Å². The monoisotopic (exact) mass is 304 g/mol. The Morgan fingerprint density at radius 3 is 2.41 bits per heavy atom. The van der Waals surface area contributed by atoms with Crippen LogP contribution in [0.4, 0.5) is 4.79 Å². The van der Waals surface area contributed by atoms with Crippen LogP contribution in [0.2, 0.25) is 0 Å². The summed E-state index contributed by atoms with van der Waals surface area (Å²) in [5.74, 6) is -2.21. The fraction of sp³-hybridized carbons (Fsp3) is 0.154. The summed E-state index contributed by atoms with van der Waals surface area (Å²) in [6.45, 7) is 1.30. The van der Waals surface area contributed by atoms with Crippen LogP contribution in [-0.4, -0.2) is 32.8 Å². The van der Waals surface area contributed by atoms with Gasteiger partial charge in [0.05, 0.1) is 5.39 Å². The van der Waals surface area contributed by atoms with E-state index < -0.39 is 29.5 Å². The number of carbonyl (C=O) groups is 3. The van der Waals surface area contributed by atoms with Gasteiger partial charge >= 0.3 is 12.0 Å². The third kappa shape index (κ3) is 2.64. The summed E-state index contributed by atoms with van der Waals surface area (Å²) in [7, 11) is 0. The minimum Gasteiger partial charge on any atom is -0.476 e. The Kier molecular flexibility index (Phi) is 3.89. The van der Waals surface area contributed by atoms with Crippen molar-refractivity contribution in [3.8, 4) is 0 Å². The molecular weight excluding hydrogens is 292 g/mol. The number of imide groups is 1. The smallest absolute Gasteiger partial charge is 0.357 e. The summed E-state index contributed by atoms with van der Waals surface area (Å²) in [5.41, 5.74) is 3.83. The molecule has 0 aliphatic carbocycles. The van der Waals surface area contributed by atoms with Crippen molar-refractivity contribution in [1.29, 1.82) is 0 Å². The van der Waals surface area contributed by atoms with E-state index in [2.05, 4.69) is 5.10 Å². The van der Waals surface area contributed by atoms with E-state index in [-0.39, 0.29) is 16.5 Å². The summed E-state index contributed by atoms with van der Waals surface area (Å²) < 4.78 is 0.712. The standard InChI is InChI=1S/C13H12N4O5/c1-6(10(18)15-13(14)22)17-11(19)8-5-3-2-4-7(8)9(16-17)12(20)21/h2-6H,1H3,(H,20,21)(H3,14,15,18,22)/t6-/m1/s1. The highest BCUT2D eigenvalue weighted by Crippen LogP contribution is 2.14. The van der Waals surface area contributed by atoms with Crippen molar-refractivity contribution >= 4 is 28.7 Å². The Bertz CT molecular complexity index is 842. The lowest BCUT2D eigenvalue weighted by molar-refractivity contribution is -0.123. The molecule has 9 nitrogen and oxygen atoms in total. The second kappa shape index (κ2) is 5.64. The molecule has 22 heavy (non-hydrogen) atoms. The average Bonchev–Trinajstić information content (AvgIpc) is 2.46. The average molecular weight is 304 g/mol. The zero-order valence-corrected chi connectivity index (χ0v) is 11.4. The van der Waals surface area contributed by atoms with Crippen LogP contribution in [-0.2, 0) is 4.79 Å². The van der Waals surface area contributed by atoms with Crippen LogP contribution >= 0.6 is 0 Å². The van der Waals surface area contributed by atoms with Crippen molar-refractivity contribution < 1.29 is 19.5 Å². The summed E-state index contributed by atoms with van der Waals surface area (Å²) in [6, 6.07) is 3.73. The molecule has 0 radical (unpaired) electrons. The first-order valence-electron chi connectivity index (χ1n) is 6.18. The fourth-order valence-corrected chi connectivity index (χ4v) is 1.96. The van der Waals surface area contributed by atoms with E-state index >= 15 is 0 Å². The zero-order valence-electron chi connectivity index (χ0n) is 11.4. The number of carboxylic acid groups (broad SMARTS) is 1. The molecule has 2 aromatic rings. The molecule has 1 atom stereocenters. The van der Waals surface area contributed by atoms with Crippen LogP contribution in [0.15, 0.2) is 29.1 Å². The molecule has 2 rings (SSSR count). The number of aromatic carboxylic acids is 1. The second-order valence-electron chi connectivity index (χ2n) is 4.48. The number of hydrogen-bond acceptors (Lipinski definition) is 5. The maximum atomic E-state index is 12.3. The Morgan fingerprint density at radius 1 is 1.27 bits per heavy atom. The molecule has 114 valence electrons. The molecule has 1 heterocycles. The topological polar surface area (TPSA) is 144 Å². The predicted octanol–water partition coefficient (Wildman–Crippen LogP) is -0.149. The van der Waals surface area contributed by atoms with Crippen LogP contribution in [0, 0.1) is 0 Å². The molecule has 0 spiro atoms. The highest BCUT2D eigenvalue weighted by Gasteiger charge is 2.23. The summed E-state index contributed by atoms with van der Waals surface area (Å²) in [5, 5.41) is 15.0. The first-order chi connectivity index (χ1) is 10.3. The number of nitrogens with zero attached hydrogens (tertiary/aromatic N) is 2. The zero-order chi connectivity index (χ0) is 16.4. The summed E-state index contributed by atoms with van der Waals surface area (Å²) >= 11 is 0. The number of urea groups is 1. The van der Waals surface area contributed by atoms with Crippen LogP contribution in [0.25, 0.3) is 10.8 Å². The Hall–Kier alpha value is -3.23. The number of amides is 3. The van der Waals surface area contributed by atoms with E-state index in [4.69, 9.17) is 5.73 Å². The normalized spacial score (nSPS) is 11.9. The quantitative estimate of drug-likeness (QED) is 0.719. The number of primary amides is 1. The number of rotatable bonds is 3. The second-order valence-corrected chi connectivity index (χ2v) is 4.48. The highest BCUT2D eigenvalue weighted by molar-refractivity contribution is 6.01. The molecule has 4 N–H and O–H groups in total. The minimum absolute atomic E-state index is 0.105. The number of benzene rings is 1. The van der Waals surface area contributed by atoms with Gasteiger partial charge in [0.15, 0.2) is 5.69 Å². The molecule has 0 bridgehead atoms. The molecule has 1 aromatic carbocycles. The van der Waals surface area contributed by atoms with E-state index in [9.17, 15) is 24.3 Å². The van der Waals surface area contributed by atoms with Gasteiger partial charge in [0.2, 0.25) is 0 Å². The number of fused-ring (bicyclic) bond motifs is 1. The van der Waals surface area contributed by atoms with Gasteiger partial charge < -0.3 is 10.8 Å².